The first kappa shape index (κ1) is 32.0. The zero-order valence-corrected chi connectivity index (χ0v) is 27.1. The molecule has 0 unspecified atom stereocenters. The van der Waals surface area contributed by atoms with Crippen molar-refractivity contribution in [3.05, 3.63) is 58.5 Å². The molecule has 0 aliphatic rings. The maximum absolute atomic E-state index is 13.1. The Morgan fingerprint density at radius 3 is 2.44 bits per heavy atom. The van der Waals surface area contributed by atoms with Crippen molar-refractivity contribution in [2.24, 2.45) is 0 Å². The third-order valence-corrected chi connectivity index (χ3v) is 10.4. The topological polar surface area (TPSA) is 142 Å². The summed E-state index contributed by atoms with van der Waals surface area (Å²) < 4.78 is 44.5. The molecule has 1 amide bonds. The van der Waals surface area contributed by atoms with Gasteiger partial charge in [0.15, 0.2) is 11.0 Å². The van der Waals surface area contributed by atoms with Crippen LogP contribution in [0.25, 0.3) is 17.1 Å². The molecule has 43 heavy (non-hydrogen) atoms. The number of nitrogens with zero attached hydrogens (tertiary/aromatic N) is 4. The average molecular weight is 646 g/mol. The lowest BCUT2D eigenvalue weighted by molar-refractivity contribution is -0.113. The van der Waals surface area contributed by atoms with Crippen molar-refractivity contribution in [3.63, 3.8) is 0 Å². The van der Waals surface area contributed by atoms with E-state index in [1.54, 1.807) is 41.8 Å². The van der Waals surface area contributed by atoms with Gasteiger partial charge in [0.05, 0.1) is 43.2 Å². The van der Waals surface area contributed by atoms with Crippen molar-refractivity contribution >= 4 is 50.0 Å². The molecular weight excluding hydrogens is 615 g/mol. The second-order valence-corrected chi connectivity index (χ2v) is 13.6. The van der Waals surface area contributed by atoms with E-state index in [1.165, 1.54) is 58.9 Å². The number of carbonyl (C=O) groups is 2. The van der Waals surface area contributed by atoms with Crippen molar-refractivity contribution in [3.8, 4) is 28.6 Å². The van der Waals surface area contributed by atoms with Crippen LogP contribution >= 0.6 is 23.1 Å². The number of carbonyl (C=O) groups excluding carboxylic acids is 2. The first-order valence-corrected chi connectivity index (χ1v) is 16.0. The predicted molar refractivity (Wildman–Crippen MR) is 165 cm³/mol. The number of hydrogen-bond acceptors (Lipinski definition) is 11. The third-order valence-electron chi connectivity index (χ3n) is 6.49. The van der Waals surface area contributed by atoms with E-state index < -0.39 is 16.0 Å². The minimum absolute atomic E-state index is 0.0733. The van der Waals surface area contributed by atoms with Crippen LogP contribution in [0.1, 0.15) is 20.8 Å². The van der Waals surface area contributed by atoms with Crippen LogP contribution in [0, 0.1) is 13.8 Å². The number of methoxy groups -OCH3 is 3. The van der Waals surface area contributed by atoms with Gasteiger partial charge in [-0.2, -0.15) is 0 Å². The molecular formula is C28H31N5O7S3. The van der Waals surface area contributed by atoms with Crippen LogP contribution in [0.4, 0.5) is 5.00 Å². The quantitative estimate of drug-likeness (QED) is 0.184. The SMILES string of the molecule is COC(=O)c1c(NC(=O)CSc2nnc(-c3cccc(S(=O)(=O)N(C)C)c3)n2-c2cc(OC)ccc2OC)sc(C)c1C. The molecule has 0 spiro atoms. The molecule has 0 atom stereocenters. The summed E-state index contributed by atoms with van der Waals surface area (Å²) in [7, 11) is 3.53. The summed E-state index contributed by atoms with van der Waals surface area (Å²) in [5.74, 6) is 0.352. The van der Waals surface area contributed by atoms with E-state index in [0.29, 0.717) is 44.3 Å². The lowest BCUT2D eigenvalue weighted by Crippen LogP contribution is -2.22. The maximum Gasteiger partial charge on any atom is 0.341 e. The molecule has 2 aromatic carbocycles. The summed E-state index contributed by atoms with van der Waals surface area (Å²) in [6.45, 7) is 3.66. The van der Waals surface area contributed by atoms with E-state index in [9.17, 15) is 18.0 Å². The number of benzene rings is 2. The highest BCUT2D eigenvalue weighted by Gasteiger charge is 2.25. The van der Waals surface area contributed by atoms with Crippen LogP contribution in [-0.4, -0.2) is 80.5 Å². The standard InChI is InChI=1S/C28H31N5O7S3/c1-16-17(2)42-26(24(16)27(35)40-7)29-23(34)15-41-28-31-30-25(18-9-8-10-20(13-18)43(36,37)32(3)4)33(28)21-14-19(38-5)11-12-22(21)39-6/h8-14H,15H2,1-7H3,(H,29,34). The number of thiophene rings is 1. The van der Waals surface area contributed by atoms with Crippen LogP contribution < -0.4 is 14.8 Å². The molecule has 4 aromatic rings. The Hall–Kier alpha value is -3.92. The number of hydrogen-bond donors (Lipinski definition) is 1. The minimum atomic E-state index is -3.72. The van der Waals surface area contributed by atoms with Crippen molar-refractivity contribution in [1.29, 1.82) is 0 Å². The first-order valence-electron chi connectivity index (χ1n) is 12.7. The number of thioether (sulfide) groups is 1. The number of sulfonamides is 1. The van der Waals surface area contributed by atoms with Gasteiger partial charge in [-0.3, -0.25) is 9.36 Å². The second-order valence-electron chi connectivity index (χ2n) is 9.31. The molecule has 0 aliphatic heterocycles. The van der Waals surface area contributed by atoms with E-state index in [2.05, 4.69) is 15.5 Å². The molecule has 2 aromatic heterocycles. The molecule has 2 heterocycles. The lowest BCUT2D eigenvalue weighted by atomic mass is 10.1. The number of nitrogens with one attached hydrogen (secondary N) is 1. The fourth-order valence-corrected chi connectivity index (χ4v) is 6.86. The molecule has 228 valence electrons. The monoisotopic (exact) mass is 645 g/mol. The highest BCUT2D eigenvalue weighted by Crippen LogP contribution is 2.36. The van der Waals surface area contributed by atoms with Gasteiger partial charge in [-0.1, -0.05) is 23.9 Å². The Balaban J connectivity index is 1.75. The zero-order valence-electron chi connectivity index (χ0n) is 24.6. The van der Waals surface area contributed by atoms with E-state index in [-0.39, 0.29) is 16.6 Å². The van der Waals surface area contributed by atoms with Crippen LogP contribution in [0.3, 0.4) is 0 Å². The molecule has 4 rings (SSSR count). The third kappa shape index (κ3) is 6.54. The number of rotatable bonds is 11. The molecule has 0 aliphatic carbocycles. The van der Waals surface area contributed by atoms with Gasteiger partial charge < -0.3 is 19.5 Å². The van der Waals surface area contributed by atoms with Crippen LogP contribution in [0.2, 0.25) is 0 Å². The predicted octanol–water partition coefficient (Wildman–Crippen LogP) is 4.40. The Morgan fingerprint density at radius 1 is 1.05 bits per heavy atom. The smallest absolute Gasteiger partial charge is 0.341 e. The number of esters is 1. The summed E-state index contributed by atoms with van der Waals surface area (Å²) >= 11 is 2.40. The van der Waals surface area contributed by atoms with Gasteiger partial charge in [0, 0.05) is 30.6 Å². The second kappa shape index (κ2) is 13.2. The van der Waals surface area contributed by atoms with Crippen molar-refractivity contribution in [1.82, 2.24) is 19.1 Å². The molecule has 12 nitrogen and oxygen atoms in total. The highest BCUT2D eigenvalue weighted by atomic mass is 32.2. The summed E-state index contributed by atoms with van der Waals surface area (Å²) in [6, 6.07) is 11.6. The molecule has 15 heteroatoms. The Bertz CT molecular complexity index is 1780. The van der Waals surface area contributed by atoms with E-state index in [1.807, 2.05) is 6.92 Å². The molecule has 0 saturated carbocycles. The van der Waals surface area contributed by atoms with Crippen molar-refractivity contribution < 1.29 is 32.2 Å². The Morgan fingerprint density at radius 2 is 1.79 bits per heavy atom. The number of amides is 1. The summed E-state index contributed by atoms with van der Waals surface area (Å²) in [4.78, 5) is 26.4. The Labute approximate surface area is 258 Å². The number of ether oxygens (including phenoxy) is 3. The van der Waals surface area contributed by atoms with Gasteiger partial charge >= 0.3 is 5.97 Å². The molecule has 0 radical (unpaired) electrons. The van der Waals surface area contributed by atoms with Crippen LogP contribution in [-0.2, 0) is 19.6 Å². The molecule has 0 saturated heterocycles. The summed E-state index contributed by atoms with van der Waals surface area (Å²) in [6.07, 6.45) is 0. The Kier molecular flexibility index (Phi) is 9.79. The van der Waals surface area contributed by atoms with Crippen LogP contribution in [0.5, 0.6) is 11.5 Å². The van der Waals surface area contributed by atoms with Crippen molar-refractivity contribution in [2.75, 3.05) is 46.5 Å². The van der Waals surface area contributed by atoms with Crippen molar-refractivity contribution in [2.45, 2.75) is 23.9 Å². The lowest BCUT2D eigenvalue weighted by Gasteiger charge is -2.16. The fourth-order valence-electron chi connectivity index (χ4n) is 4.10. The maximum atomic E-state index is 13.1. The minimum Gasteiger partial charge on any atom is -0.497 e. The molecule has 0 bridgehead atoms. The molecule has 0 fully saturated rings. The molecule has 1 N–H and O–H groups in total. The van der Waals surface area contributed by atoms with E-state index in [0.717, 1.165) is 26.5 Å². The number of aryl methyl sites for hydroxylation is 1. The van der Waals surface area contributed by atoms with Gasteiger partial charge in [0.1, 0.15) is 16.5 Å². The average Bonchev–Trinajstić information content (AvgIpc) is 3.54. The number of aromatic nitrogens is 3. The number of anilines is 1. The van der Waals surface area contributed by atoms with E-state index >= 15 is 0 Å². The van der Waals surface area contributed by atoms with Crippen LogP contribution in [0.15, 0.2) is 52.5 Å². The zero-order chi connectivity index (χ0) is 31.5. The highest BCUT2D eigenvalue weighted by molar-refractivity contribution is 7.99. The first-order chi connectivity index (χ1) is 20.4. The van der Waals surface area contributed by atoms with Gasteiger partial charge in [0.2, 0.25) is 15.9 Å². The van der Waals surface area contributed by atoms with Gasteiger partial charge in [-0.05, 0) is 43.7 Å². The largest absolute Gasteiger partial charge is 0.497 e. The summed E-state index contributed by atoms with van der Waals surface area (Å²) in [5, 5.41) is 12.3. The van der Waals surface area contributed by atoms with Gasteiger partial charge in [-0.15, -0.1) is 21.5 Å². The van der Waals surface area contributed by atoms with Gasteiger partial charge in [0.25, 0.3) is 0 Å². The summed E-state index contributed by atoms with van der Waals surface area (Å²) in [5.41, 5.74) is 2.06. The normalized spacial score (nSPS) is 11.4. The van der Waals surface area contributed by atoms with Gasteiger partial charge in [-0.25, -0.2) is 17.5 Å². The fraction of sp³-hybridized carbons (Fsp3) is 0.286. The van der Waals surface area contributed by atoms with E-state index in [4.69, 9.17) is 14.2 Å².